The summed E-state index contributed by atoms with van der Waals surface area (Å²) in [4.78, 5) is 16.3. The van der Waals surface area contributed by atoms with Crippen LogP contribution in [0.3, 0.4) is 0 Å². The van der Waals surface area contributed by atoms with Crippen LogP contribution in [-0.2, 0) is 4.79 Å². The van der Waals surface area contributed by atoms with E-state index in [1.54, 1.807) is 6.08 Å². The molecule has 1 amide bonds. The number of amides is 1. The standard InChI is InChI=1S/C16H23N3O/c1-3-6-14(17)16(20)19-11-9-18(10-12-19)15-8-5-4-7-13(15)2/h3-5,7-8,14H,1,6,9-12,17H2,2H3. The number of anilines is 1. The van der Waals surface area contributed by atoms with Crippen molar-refractivity contribution in [2.75, 3.05) is 31.1 Å². The van der Waals surface area contributed by atoms with Crippen molar-refractivity contribution in [3.05, 3.63) is 42.5 Å². The molecule has 1 fully saturated rings. The molecule has 4 nitrogen and oxygen atoms in total. The monoisotopic (exact) mass is 273 g/mol. The lowest BCUT2D eigenvalue weighted by Gasteiger charge is -2.37. The summed E-state index contributed by atoms with van der Waals surface area (Å²) in [5.41, 5.74) is 8.39. The number of rotatable bonds is 4. The van der Waals surface area contributed by atoms with Gasteiger partial charge in [0.25, 0.3) is 0 Å². The lowest BCUT2D eigenvalue weighted by Crippen LogP contribution is -2.53. The Kier molecular flexibility index (Phi) is 4.79. The molecule has 1 heterocycles. The normalized spacial score (nSPS) is 16.9. The molecular formula is C16H23N3O. The Hall–Kier alpha value is -1.81. The molecule has 2 rings (SSSR count). The summed E-state index contributed by atoms with van der Waals surface area (Å²) in [6.45, 7) is 8.93. The first-order chi connectivity index (χ1) is 9.63. The Morgan fingerprint density at radius 3 is 2.60 bits per heavy atom. The Labute approximate surface area is 120 Å². The molecular weight excluding hydrogens is 250 g/mol. The predicted molar refractivity (Wildman–Crippen MR) is 82.8 cm³/mol. The smallest absolute Gasteiger partial charge is 0.239 e. The lowest BCUT2D eigenvalue weighted by molar-refractivity contribution is -0.132. The highest BCUT2D eigenvalue weighted by atomic mass is 16.2. The Bertz CT molecular complexity index is 478. The molecule has 20 heavy (non-hydrogen) atoms. The summed E-state index contributed by atoms with van der Waals surface area (Å²) in [7, 11) is 0. The largest absolute Gasteiger partial charge is 0.368 e. The van der Waals surface area contributed by atoms with Gasteiger partial charge >= 0.3 is 0 Å². The van der Waals surface area contributed by atoms with E-state index in [0.717, 1.165) is 26.2 Å². The molecule has 1 aliphatic heterocycles. The first kappa shape index (κ1) is 14.6. The number of hydrogen-bond acceptors (Lipinski definition) is 3. The van der Waals surface area contributed by atoms with Gasteiger partial charge in [0.15, 0.2) is 0 Å². The zero-order chi connectivity index (χ0) is 14.5. The minimum absolute atomic E-state index is 0.0364. The van der Waals surface area contributed by atoms with Crippen molar-refractivity contribution in [1.29, 1.82) is 0 Å². The van der Waals surface area contributed by atoms with Gasteiger partial charge in [0.05, 0.1) is 6.04 Å². The van der Waals surface area contributed by atoms with Crippen LogP contribution in [0.2, 0.25) is 0 Å². The van der Waals surface area contributed by atoms with Crippen molar-refractivity contribution in [2.45, 2.75) is 19.4 Å². The highest BCUT2D eigenvalue weighted by molar-refractivity contribution is 5.82. The average Bonchev–Trinajstić information content (AvgIpc) is 2.47. The van der Waals surface area contributed by atoms with E-state index in [4.69, 9.17) is 5.73 Å². The first-order valence-electron chi connectivity index (χ1n) is 7.09. The second-order valence-electron chi connectivity index (χ2n) is 5.23. The molecule has 0 bridgehead atoms. The summed E-state index contributed by atoms with van der Waals surface area (Å²) in [5.74, 6) is 0.0364. The van der Waals surface area contributed by atoms with Crippen molar-refractivity contribution >= 4 is 11.6 Å². The van der Waals surface area contributed by atoms with E-state index in [-0.39, 0.29) is 5.91 Å². The SMILES string of the molecule is C=CCC(N)C(=O)N1CCN(c2ccccc2C)CC1. The number of carbonyl (C=O) groups excluding carboxylic acids is 1. The summed E-state index contributed by atoms with van der Waals surface area (Å²) in [6.07, 6.45) is 2.24. The van der Waals surface area contributed by atoms with Crippen LogP contribution in [0.4, 0.5) is 5.69 Å². The number of piperazine rings is 1. The van der Waals surface area contributed by atoms with Crippen molar-refractivity contribution in [1.82, 2.24) is 4.90 Å². The molecule has 1 atom stereocenters. The molecule has 1 aromatic rings. The van der Waals surface area contributed by atoms with Gasteiger partial charge in [0.1, 0.15) is 0 Å². The third-order valence-electron chi connectivity index (χ3n) is 3.79. The fourth-order valence-electron chi connectivity index (χ4n) is 2.60. The minimum Gasteiger partial charge on any atom is -0.368 e. The zero-order valence-corrected chi connectivity index (χ0v) is 12.1. The van der Waals surface area contributed by atoms with Crippen LogP contribution in [0.25, 0.3) is 0 Å². The van der Waals surface area contributed by atoms with Gasteiger partial charge in [-0.3, -0.25) is 4.79 Å². The van der Waals surface area contributed by atoms with Crippen LogP contribution >= 0.6 is 0 Å². The molecule has 0 spiro atoms. The molecule has 1 unspecified atom stereocenters. The number of nitrogens with zero attached hydrogens (tertiary/aromatic N) is 2. The highest BCUT2D eigenvalue weighted by Crippen LogP contribution is 2.20. The maximum Gasteiger partial charge on any atom is 0.239 e. The number of benzene rings is 1. The number of nitrogens with two attached hydrogens (primary N) is 1. The quantitative estimate of drug-likeness (QED) is 0.847. The summed E-state index contributed by atoms with van der Waals surface area (Å²) >= 11 is 0. The van der Waals surface area contributed by atoms with Gasteiger partial charge in [-0.1, -0.05) is 24.3 Å². The molecule has 1 aromatic carbocycles. The molecule has 0 saturated carbocycles. The molecule has 0 radical (unpaired) electrons. The van der Waals surface area contributed by atoms with Gasteiger partial charge in [-0.2, -0.15) is 0 Å². The second kappa shape index (κ2) is 6.57. The van der Waals surface area contributed by atoms with E-state index in [1.165, 1.54) is 11.3 Å². The molecule has 0 aromatic heterocycles. The number of para-hydroxylation sites is 1. The van der Waals surface area contributed by atoms with Crippen molar-refractivity contribution in [3.63, 3.8) is 0 Å². The van der Waals surface area contributed by atoms with Gasteiger partial charge in [-0.05, 0) is 25.0 Å². The van der Waals surface area contributed by atoms with Gasteiger partial charge in [0, 0.05) is 31.9 Å². The van der Waals surface area contributed by atoms with E-state index in [9.17, 15) is 4.79 Å². The summed E-state index contributed by atoms with van der Waals surface area (Å²) < 4.78 is 0. The molecule has 4 heteroatoms. The zero-order valence-electron chi connectivity index (χ0n) is 12.1. The fraction of sp³-hybridized carbons (Fsp3) is 0.438. The van der Waals surface area contributed by atoms with Crippen LogP contribution in [0.15, 0.2) is 36.9 Å². The molecule has 1 aliphatic rings. The van der Waals surface area contributed by atoms with Gasteiger partial charge in [-0.25, -0.2) is 0 Å². The van der Waals surface area contributed by atoms with E-state index < -0.39 is 6.04 Å². The predicted octanol–water partition coefficient (Wildman–Crippen LogP) is 1.55. The Morgan fingerprint density at radius 1 is 1.35 bits per heavy atom. The van der Waals surface area contributed by atoms with Crippen molar-refractivity contribution in [2.24, 2.45) is 5.73 Å². The second-order valence-corrected chi connectivity index (χ2v) is 5.23. The topological polar surface area (TPSA) is 49.6 Å². The maximum absolute atomic E-state index is 12.1. The summed E-state index contributed by atoms with van der Waals surface area (Å²) in [5, 5.41) is 0. The number of aryl methyl sites for hydroxylation is 1. The third-order valence-corrected chi connectivity index (χ3v) is 3.79. The van der Waals surface area contributed by atoms with E-state index >= 15 is 0 Å². The number of carbonyl (C=O) groups is 1. The highest BCUT2D eigenvalue weighted by Gasteiger charge is 2.24. The molecule has 0 aliphatic carbocycles. The van der Waals surface area contributed by atoms with E-state index in [1.807, 2.05) is 11.0 Å². The van der Waals surface area contributed by atoms with Gasteiger partial charge in [-0.15, -0.1) is 6.58 Å². The van der Waals surface area contributed by atoms with Gasteiger partial charge in [0.2, 0.25) is 5.91 Å². The lowest BCUT2D eigenvalue weighted by atomic mass is 10.1. The van der Waals surface area contributed by atoms with Crippen molar-refractivity contribution < 1.29 is 4.79 Å². The third kappa shape index (κ3) is 3.20. The van der Waals surface area contributed by atoms with Crippen LogP contribution in [0.1, 0.15) is 12.0 Å². The minimum atomic E-state index is -0.447. The van der Waals surface area contributed by atoms with E-state index in [2.05, 4.69) is 36.6 Å². The van der Waals surface area contributed by atoms with Crippen LogP contribution in [0, 0.1) is 6.92 Å². The Morgan fingerprint density at radius 2 is 2.00 bits per heavy atom. The maximum atomic E-state index is 12.1. The van der Waals surface area contributed by atoms with Crippen LogP contribution < -0.4 is 10.6 Å². The fourth-order valence-corrected chi connectivity index (χ4v) is 2.60. The Balaban J connectivity index is 1.94. The first-order valence-corrected chi connectivity index (χ1v) is 7.09. The molecule has 108 valence electrons. The molecule has 2 N–H and O–H groups in total. The average molecular weight is 273 g/mol. The van der Waals surface area contributed by atoms with Crippen LogP contribution in [0.5, 0.6) is 0 Å². The van der Waals surface area contributed by atoms with E-state index in [0.29, 0.717) is 6.42 Å². The van der Waals surface area contributed by atoms with Gasteiger partial charge < -0.3 is 15.5 Å². The summed E-state index contributed by atoms with van der Waals surface area (Å²) in [6, 6.07) is 7.91. The van der Waals surface area contributed by atoms with Crippen LogP contribution in [-0.4, -0.2) is 43.0 Å². The van der Waals surface area contributed by atoms with Crippen molar-refractivity contribution in [3.8, 4) is 0 Å². The molecule has 1 saturated heterocycles. The number of hydrogen-bond donors (Lipinski definition) is 1.